The van der Waals surface area contributed by atoms with Crippen molar-refractivity contribution in [1.29, 1.82) is 0 Å². The number of rotatable bonds is 18. The molecule has 0 radical (unpaired) electrons. The molecular weight excluding hydrogens is 614 g/mol. The second-order valence-corrected chi connectivity index (χ2v) is 13.4. The Labute approximate surface area is 286 Å². The molecule has 1 aliphatic rings. The average Bonchev–Trinajstić information content (AvgIpc) is 3.04. The molecule has 4 N–H and O–H groups in total. The zero-order valence-corrected chi connectivity index (χ0v) is 29.9. The molecular formula is C37H59N3O8. The molecule has 1 saturated heterocycles. The van der Waals surface area contributed by atoms with Crippen molar-refractivity contribution in [3.8, 4) is 0 Å². The lowest BCUT2D eigenvalue weighted by Gasteiger charge is -2.28. The van der Waals surface area contributed by atoms with Gasteiger partial charge in [-0.15, -0.1) is 0 Å². The average molecular weight is 674 g/mol. The van der Waals surface area contributed by atoms with E-state index in [9.17, 15) is 28.8 Å². The number of carboxylic acid groups (broad SMARTS) is 1. The summed E-state index contributed by atoms with van der Waals surface area (Å²) in [7, 11) is 0. The second kappa shape index (κ2) is 22.7. The molecule has 0 aliphatic carbocycles. The first kappa shape index (κ1) is 42.3. The smallest absolute Gasteiger partial charge is 0.328 e. The van der Waals surface area contributed by atoms with Crippen LogP contribution in [0.2, 0.25) is 0 Å². The van der Waals surface area contributed by atoms with Crippen LogP contribution in [0.25, 0.3) is 0 Å². The van der Waals surface area contributed by atoms with Gasteiger partial charge in [0, 0.05) is 18.9 Å². The number of cyclic esters (lactones) is 1. The number of ketones is 1. The van der Waals surface area contributed by atoms with Gasteiger partial charge in [-0.05, 0) is 57.4 Å². The van der Waals surface area contributed by atoms with E-state index in [-0.39, 0.29) is 43.7 Å². The first-order chi connectivity index (χ1) is 22.7. The number of unbranched alkanes of at least 4 members (excludes halogenated alkanes) is 3. The standard InChI is InChI=1S/C37H59N3O8/c1-8-9-10-11-14-24(2)15-12-16-25(3)19-21-31(41)26(4)20-22-32-28(6)35(45)39-29(7)36(46)38-23-27(5)34(44)40-30(37(47)48-32)17-13-18-33(42)43/h16,19,21,24,26-28,30,32H,7-15,17-18,20,22-23H2,1-6H3,(H,38,46)(H,39,45)(H,40,44)(H,42,43)/b21-19+,25-16+. The van der Waals surface area contributed by atoms with Crippen molar-refractivity contribution >= 4 is 35.4 Å². The van der Waals surface area contributed by atoms with Gasteiger partial charge in [0.2, 0.25) is 11.8 Å². The lowest BCUT2D eigenvalue weighted by molar-refractivity contribution is -0.158. The molecule has 11 nitrogen and oxygen atoms in total. The van der Waals surface area contributed by atoms with Crippen LogP contribution in [-0.2, 0) is 33.5 Å². The van der Waals surface area contributed by atoms with Crippen molar-refractivity contribution in [1.82, 2.24) is 16.0 Å². The van der Waals surface area contributed by atoms with Crippen LogP contribution in [-0.4, -0.2) is 59.2 Å². The second-order valence-electron chi connectivity index (χ2n) is 13.4. The van der Waals surface area contributed by atoms with Crippen molar-refractivity contribution < 1.29 is 38.6 Å². The Morgan fingerprint density at radius 2 is 1.69 bits per heavy atom. The third-order valence-electron chi connectivity index (χ3n) is 8.84. The highest BCUT2D eigenvalue weighted by molar-refractivity contribution is 5.98. The SMILES string of the molecule is C=C1NC(=O)C(C)C(CCC(C)C(=O)/C=C/C(C)=C/CCC(C)CCCCCC)OC(=O)C(CCCC(=O)O)NC(=O)C(C)CNC1=O. The summed E-state index contributed by atoms with van der Waals surface area (Å²) >= 11 is 0. The van der Waals surface area contributed by atoms with Crippen molar-refractivity contribution in [2.75, 3.05) is 6.54 Å². The Kier molecular flexibility index (Phi) is 20.0. The number of hydrogen-bond acceptors (Lipinski definition) is 7. The molecule has 0 saturated carbocycles. The molecule has 0 aromatic rings. The summed E-state index contributed by atoms with van der Waals surface area (Å²) in [6, 6.07) is -1.16. The summed E-state index contributed by atoms with van der Waals surface area (Å²) in [6.07, 6.45) is 13.2. The Morgan fingerprint density at radius 3 is 2.35 bits per heavy atom. The van der Waals surface area contributed by atoms with E-state index in [1.807, 2.05) is 13.0 Å². The van der Waals surface area contributed by atoms with Crippen LogP contribution in [0.4, 0.5) is 0 Å². The number of aliphatic carboxylic acids is 1. The van der Waals surface area contributed by atoms with Gasteiger partial charge in [-0.1, -0.05) is 91.0 Å². The van der Waals surface area contributed by atoms with Gasteiger partial charge in [0.05, 0.1) is 17.5 Å². The molecule has 3 amide bonds. The molecule has 0 bridgehead atoms. The zero-order valence-electron chi connectivity index (χ0n) is 29.9. The molecule has 0 aromatic carbocycles. The molecule has 0 aromatic heterocycles. The predicted molar refractivity (Wildman–Crippen MR) is 185 cm³/mol. The minimum absolute atomic E-state index is 0.00444. The van der Waals surface area contributed by atoms with Gasteiger partial charge in [0.15, 0.2) is 5.78 Å². The number of carbonyl (C=O) groups is 6. The quantitative estimate of drug-likeness (QED) is 0.0636. The minimum Gasteiger partial charge on any atom is -0.481 e. The van der Waals surface area contributed by atoms with Gasteiger partial charge in [-0.25, -0.2) is 4.79 Å². The zero-order chi connectivity index (χ0) is 36.2. The largest absolute Gasteiger partial charge is 0.481 e. The van der Waals surface area contributed by atoms with E-state index < -0.39 is 59.6 Å². The Morgan fingerprint density at radius 1 is 0.979 bits per heavy atom. The van der Waals surface area contributed by atoms with Gasteiger partial charge < -0.3 is 25.8 Å². The van der Waals surface area contributed by atoms with Crippen LogP contribution in [0, 0.1) is 23.7 Å². The molecule has 1 aliphatic heterocycles. The summed E-state index contributed by atoms with van der Waals surface area (Å²) in [4.78, 5) is 75.9. The fraction of sp³-hybridized carbons (Fsp3) is 0.676. The number of carboxylic acids is 1. The van der Waals surface area contributed by atoms with Crippen LogP contribution in [0.15, 0.2) is 36.1 Å². The van der Waals surface area contributed by atoms with Crippen LogP contribution in [0.3, 0.4) is 0 Å². The maximum atomic E-state index is 13.4. The topological polar surface area (TPSA) is 168 Å². The van der Waals surface area contributed by atoms with E-state index in [0.29, 0.717) is 12.3 Å². The summed E-state index contributed by atoms with van der Waals surface area (Å²) < 4.78 is 5.79. The van der Waals surface area contributed by atoms with Crippen LogP contribution < -0.4 is 16.0 Å². The maximum Gasteiger partial charge on any atom is 0.328 e. The lowest BCUT2D eigenvalue weighted by Crippen LogP contribution is -2.49. The van der Waals surface area contributed by atoms with Crippen molar-refractivity contribution in [3.05, 3.63) is 36.1 Å². The number of nitrogens with one attached hydrogen (secondary N) is 3. The fourth-order valence-corrected chi connectivity index (χ4v) is 5.26. The van der Waals surface area contributed by atoms with E-state index in [4.69, 9.17) is 9.84 Å². The number of esters is 1. The van der Waals surface area contributed by atoms with E-state index in [2.05, 4.69) is 42.5 Å². The molecule has 11 heteroatoms. The molecule has 1 rings (SSSR count). The van der Waals surface area contributed by atoms with E-state index in [1.54, 1.807) is 19.9 Å². The predicted octanol–water partition coefficient (Wildman–Crippen LogP) is 5.54. The number of amides is 3. The molecule has 6 unspecified atom stereocenters. The maximum absolute atomic E-state index is 13.4. The number of carbonyl (C=O) groups excluding carboxylic acids is 5. The summed E-state index contributed by atoms with van der Waals surface area (Å²) in [5.74, 6) is -5.20. The fourth-order valence-electron chi connectivity index (χ4n) is 5.26. The van der Waals surface area contributed by atoms with Gasteiger partial charge >= 0.3 is 11.9 Å². The third-order valence-corrected chi connectivity index (χ3v) is 8.84. The normalized spacial score (nSPS) is 23.0. The van der Waals surface area contributed by atoms with Crippen LogP contribution in [0.1, 0.15) is 119 Å². The first-order valence-corrected chi connectivity index (χ1v) is 17.5. The monoisotopic (exact) mass is 673 g/mol. The van der Waals surface area contributed by atoms with E-state index in [1.165, 1.54) is 39.0 Å². The summed E-state index contributed by atoms with van der Waals surface area (Å²) in [5.41, 5.74) is 0.792. The van der Waals surface area contributed by atoms with Crippen molar-refractivity contribution in [2.45, 2.75) is 131 Å². The van der Waals surface area contributed by atoms with Gasteiger partial charge in [0.25, 0.3) is 5.91 Å². The number of allylic oxidation sites excluding steroid dienone is 4. The summed E-state index contributed by atoms with van der Waals surface area (Å²) in [6.45, 7) is 14.9. The molecule has 6 atom stereocenters. The number of ether oxygens (including phenoxy) is 1. The third kappa shape index (κ3) is 16.9. The molecule has 1 heterocycles. The highest BCUT2D eigenvalue weighted by Crippen LogP contribution is 2.21. The molecule has 0 spiro atoms. The minimum atomic E-state index is -1.16. The molecule has 1 fully saturated rings. The van der Waals surface area contributed by atoms with Gasteiger partial charge in [-0.3, -0.25) is 24.0 Å². The van der Waals surface area contributed by atoms with E-state index in [0.717, 1.165) is 18.4 Å². The molecule has 48 heavy (non-hydrogen) atoms. The van der Waals surface area contributed by atoms with Crippen LogP contribution >= 0.6 is 0 Å². The Hall–Kier alpha value is -3.76. The molecule has 270 valence electrons. The van der Waals surface area contributed by atoms with Gasteiger partial charge in [-0.2, -0.15) is 0 Å². The Bertz CT molecular complexity index is 1180. The van der Waals surface area contributed by atoms with Crippen molar-refractivity contribution in [3.63, 3.8) is 0 Å². The van der Waals surface area contributed by atoms with E-state index >= 15 is 0 Å². The Balaban J connectivity index is 2.99. The van der Waals surface area contributed by atoms with Crippen LogP contribution in [0.5, 0.6) is 0 Å². The lowest BCUT2D eigenvalue weighted by atomic mass is 9.92. The summed E-state index contributed by atoms with van der Waals surface area (Å²) in [5, 5.41) is 16.7. The van der Waals surface area contributed by atoms with Gasteiger partial charge in [0.1, 0.15) is 12.1 Å². The number of hydrogen-bond donors (Lipinski definition) is 4. The highest BCUT2D eigenvalue weighted by atomic mass is 16.5. The van der Waals surface area contributed by atoms with Crippen molar-refractivity contribution in [2.24, 2.45) is 23.7 Å². The first-order valence-electron chi connectivity index (χ1n) is 17.5. The highest BCUT2D eigenvalue weighted by Gasteiger charge is 2.33.